The predicted octanol–water partition coefficient (Wildman–Crippen LogP) is 8.79. The van der Waals surface area contributed by atoms with Crippen molar-refractivity contribution >= 4 is 30.0 Å². The Morgan fingerprint density at radius 3 is 1.80 bits per heavy atom. The van der Waals surface area contributed by atoms with Gasteiger partial charge in [0.05, 0.1) is 17.2 Å². The van der Waals surface area contributed by atoms with Crippen LogP contribution in [0.1, 0.15) is 40.5 Å². The number of rotatable bonds is 5. The summed E-state index contributed by atoms with van der Waals surface area (Å²) >= 11 is 0. The van der Waals surface area contributed by atoms with Gasteiger partial charge in [0.1, 0.15) is 17.0 Å². The van der Waals surface area contributed by atoms with E-state index in [0.717, 1.165) is 24.2 Å². The van der Waals surface area contributed by atoms with E-state index in [1.807, 2.05) is 6.20 Å². The average Bonchev–Trinajstić information content (AvgIpc) is 3.40. The monoisotopic (exact) mass is 535 g/mol. The van der Waals surface area contributed by atoms with E-state index in [-0.39, 0.29) is 17.8 Å². The van der Waals surface area contributed by atoms with Gasteiger partial charge in [-0.05, 0) is 61.2 Å². The van der Waals surface area contributed by atoms with E-state index in [0.29, 0.717) is 0 Å². The second-order valence-corrected chi connectivity index (χ2v) is 11.8. The SMILES string of the molecule is CCC1(C)B2N(c3ccc(-c4ccccc4)cn3)c3ccccc3N2c2ccc(-c3ccccc3)c[n+]2C1(C)CC. The molecule has 202 valence electrons. The molecule has 0 spiro atoms. The third-order valence-corrected chi connectivity index (χ3v) is 10.0. The van der Waals surface area contributed by atoms with Gasteiger partial charge in [0.25, 0.3) is 5.82 Å². The van der Waals surface area contributed by atoms with Crippen molar-refractivity contribution in [3.8, 4) is 22.3 Å². The number of hydrogen-bond acceptors (Lipinski definition) is 3. The van der Waals surface area contributed by atoms with Gasteiger partial charge in [0.2, 0.25) is 0 Å². The van der Waals surface area contributed by atoms with Crippen LogP contribution in [0.15, 0.2) is 122 Å². The van der Waals surface area contributed by atoms with Gasteiger partial charge in [0.15, 0.2) is 0 Å². The highest BCUT2D eigenvalue weighted by molar-refractivity contribution is 6.76. The topological polar surface area (TPSA) is 23.3 Å². The summed E-state index contributed by atoms with van der Waals surface area (Å²) in [5, 5.41) is -0.104. The van der Waals surface area contributed by atoms with E-state index in [1.165, 1.54) is 33.9 Å². The molecule has 2 aliphatic heterocycles. The number of fused-ring (bicyclic) bond motifs is 5. The molecule has 2 aliphatic rings. The third kappa shape index (κ3) is 3.68. The van der Waals surface area contributed by atoms with Gasteiger partial charge in [-0.1, -0.05) is 93.6 Å². The summed E-state index contributed by atoms with van der Waals surface area (Å²) in [5.74, 6) is 2.21. The molecule has 0 N–H and O–H groups in total. The smallest absolute Gasteiger partial charge is 0.324 e. The quantitative estimate of drug-likeness (QED) is 0.166. The number of nitrogens with zero attached hydrogens (tertiary/aromatic N) is 4. The fraction of sp³-hybridized carbons (Fsp3) is 0.222. The van der Waals surface area contributed by atoms with Gasteiger partial charge < -0.3 is 4.81 Å². The van der Waals surface area contributed by atoms with Gasteiger partial charge in [-0.25, -0.2) is 9.55 Å². The standard InChI is InChI=1S/C36H36BN4/c1-5-35(3)36(4,6-2)39-26-30(28-17-11-8-12-18-28)22-24-34(39)41-32-20-14-13-19-31(32)40(37(35)41)33-23-21-29(25-38-33)27-15-9-7-10-16-27/h7-26H,5-6H2,1-4H3/q+1. The van der Waals surface area contributed by atoms with E-state index in [1.54, 1.807) is 0 Å². The van der Waals surface area contributed by atoms with Crippen LogP contribution in [0.4, 0.5) is 23.0 Å². The Bertz CT molecular complexity index is 1710. The molecule has 41 heavy (non-hydrogen) atoms. The first-order valence-electron chi connectivity index (χ1n) is 14.8. The maximum Gasteiger partial charge on any atom is 0.518 e. The first kappa shape index (κ1) is 25.6. The Kier molecular flexibility index (Phi) is 6.00. The number of hydrogen-bond donors (Lipinski definition) is 0. The molecule has 0 saturated carbocycles. The van der Waals surface area contributed by atoms with Crippen LogP contribution in [-0.2, 0) is 5.54 Å². The molecule has 5 aromatic rings. The minimum Gasteiger partial charge on any atom is -0.324 e. The maximum absolute atomic E-state index is 5.10. The van der Waals surface area contributed by atoms with Crippen molar-refractivity contribution in [3.05, 3.63) is 122 Å². The summed E-state index contributed by atoms with van der Waals surface area (Å²) in [6.45, 7) is 9.71. The first-order valence-corrected chi connectivity index (χ1v) is 14.8. The van der Waals surface area contributed by atoms with Crippen molar-refractivity contribution in [3.63, 3.8) is 0 Å². The molecule has 0 radical (unpaired) electrons. The molecular weight excluding hydrogens is 499 g/mol. The number of aromatic nitrogens is 2. The summed E-state index contributed by atoms with van der Waals surface area (Å²) in [5.41, 5.74) is 7.10. The lowest BCUT2D eigenvalue weighted by atomic mass is 9.39. The summed E-state index contributed by atoms with van der Waals surface area (Å²) in [4.78, 5) is 10.2. The molecule has 7 rings (SSSR count). The van der Waals surface area contributed by atoms with Crippen LogP contribution in [-0.4, -0.2) is 12.0 Å². The summed E-state index contributed by atoms with van der Waals surface area (Å²) in [7, 11) is 0. The number of pyridine rings is 2. The average molecular weight is 536 g/mol. The lowest BCUT2D eigenvalue weighted by Gasteiger charge is -2.51. The van der Waals surface area contributed by atoms with Crippen molar-refractivity contribution < 1.29 is 4.57 Å². The molecule has 2 aromatic heterocycles. The zero-order valence-electron chi connectivity index (χ0n) is 24.3. The molecule has 0 fully saturated rings. The van der Waals surface area contributed by atoms with E-state index in [4.69, 9.17) is 4.98 Å². The fourth-order valence-corrected chi connectivity index (χ4v) is 7.22. The molecule has 4 nitrogen and oxygen atoms in total. The lowest BCUT2D eigenvalue weighted by molar-refractivity contribution is -0.758. The Labute approximate surface area is 244 Å². The van der Waals surface area contributed by atoms with Crippen molar-refractivity contribution in [2.24, 2.45) is 0 Å². The van der Waals surface area contributed by atoms with Crippen LogP contribution in [0, 0.1) is 0 Å². The number of para-hydroxylation sites is 2. The van der Waals surface area contributed by atoms with Crippen LogP contribution >= 0.6 is 0 Å². The third-order valence-electron chi connectivity index (χ3n) is 10.0. The van der Waals surface area contributed by atoms with Gasteiger partial charge in [-0.15, -0.1) is 0 Å². The normalized spacial score (nSPS) is 20.9. The predicted molar refractivity (Wildman–Crippen MR) is 171 cm³/mol. The van der Waals surface area contributed by atoms with Crippen molar-refractivity contribution in [1.29, 1.82) is 0 Å². The van der Waals surface area contributed by atoms with Crippen LogP contribution in [0.5, 0.6) is 0 Å². The Morgan fingerprint density at radius 2 is 1.22 bits per heavy atom. The van der Waals surface area contributed by atoms with Gasteiger partial charge in [0, 0.05) is 23.4 Å². The van der Waals surface area contributed by atoms with Crippen LogP contribution in [0.25, 0.3) is 22.3 Å². The zero-order chi connectivity index (χ0) is 28.2. The summed E-state index contributed by atoms with van der Waals surface area (Å²) in [6.07, 6.45) is 6.45. The molecule has 2 unspecified atom stereocenters. The highest BCUT2D eigenvalue weighted by Gasteiger charge is 2.70. The number of anilines is 4. The van der Waals surface area contributed by atoms with E-state index >= 15 is 0 Å². The second kappa shape index (κ2) is 9.62. The van der Waals surface area contributed by atoms with Crippen molar-refractivity contribution in [2.45, 2.75) is 51.4 Å². The lowest BCUT2D eigenvalue weighted by Crippen LogP contribution is -2.74. The molecule has 0 saturated heterocycles. The molecule has 0 bridgehead atoms. The van der Waals surface area contributed by atoms with Crippen LogP contribution < -0.4 is 14.2 Å². The molecule has 5 heteroatoms. The highest BCUT2D eigenvalue weighted by atomic mass is 15.4. The molecule has 0 aliphatic carbocycles. The van der Waals surface area contributed by atoms with Crippen LogP contribution in [0.2, 0.25) is 5.31 Å². The highest BCUT2D eigenvalue weighted by Crippen LogP contribution is 2.61. The molecule has 2 atom stereocenters. The summed E-state index contributed by atoms with van der Waals surface area (Å²) in [6, 6.07) is 39.1. The fourth-order valence-electron chi connectivity index (χ4n) is 7.22. The van der Waals surface area contributed by atoms with Crippen molar-refractivity contribution in [2.75, 3.05) is 9.62 Å². The van der Waals surface area contributed by atoms with E-state index < -0.39 is 0 Å². The van der Waals surface area contributed by atoms with E-state index in [2.05, 4.69) is 157 Å². The molecule has 3 aromatic carbocycles. The molecular formula is C36H36BN4+. The first-order chi connectivity index (χ1) is 20.0. The minimum atomic E-state index is -0.132. The van der Waals surface area contributed by atoms with E-state index in [9.17, 15) is 0 Å². The maximum atomic E-state index is 5.10. The summed E-state index contributed by atoms with van der Waals surface area (Å²) < 4.78 is 2.57. The van der Waals surface area contributed by atoms with Crippen molar-refractivity contribution in [1.82, 2.24) is 4.98 Å². The van der Waals surface area contributed by atoms with Gasteiger partial charge >= 0.3 is 6.98 Å². The Balaban J connectivity index is 1.43. The Hall–Kier alpha value is -4.38. The Morgan fingerprint density at radius 1 is 0.634 bits per heavy atom. The minimum absolute atomic E-state index is 0.0764. The zero-order valence-corrected chi connectivity index (χ0v) is 24.3. The molecule has 0 amide bonds. The largest absolute Gasteiger partial charge is 0.518 e. The second-order valence-electron chi connectivity index (χ2n) is 11.8. The van der Waals surface area contributed by atoms with Gasteiger partial charge in [-0.2, -0.15) is 0 Å². The van der Waals surface area contributed by atoms with Gasteiger partial charge in [-0.3, -0.25) is 4.81 Å². The van der Waals surface area contributed by atoms with Crippen LogP contribution in [0.3, 0.4) is 0 Å². The molecule has 4 heterocycles. The number of benzene rings is 3.